The Kier molecular flexibility index (Phi) is 4.05. The van der Waals surface area contributed by atoms with Gasteiger partial charge in [0.25, 0.3) is 0 Å². The molecule has 0 amide bonds. The van der Waals surface area contributed by atoms with Crippen molar-refractivity contribution in [1.82, 2.24) is 0 Å². The summed E-state index contributed by atoms with van der Waals surface area (Å²) >= 11 is 16.7. The van der Waals surface area contributed by atoms with E-state index in [1.165, 1.54) is 0 Å². The molecule has 0 fully saturated rings. The summed E-state index contributed by atoms with van der Waals surface area (Å²) in [7, 11) is 0. The first-order valence-corrected chi connectivity index (χ1v) is 5.23. The summed E-state index contributed by atoms with van der Waals surface area (Å²) in [6.07, 6.45) is 0. The second-order valence-corrected chi connectivity index (χ2v) is 4.12. The Labute approximate surface area is 114 Å². The molecule has 9 heteroatoms. The van der Waals surface area contributed by atoms with E-state index in [9.17, 15) is 14.4 Å². The summed E-state index contributed by atoms with van der Waals surface area (Å²) in [5, 5.41) is 24.4. The van der Waals surface area contributed by atoms with E-state index in [0.717, 1.165) is 0 Å². The lowest BCUT2D eigenvalue weighted by molar-refractivity contribution is 0.0696. The van der Waals surface area contributed by atoms with Crippen LogP contribution < -0.4 is 0 Å². The molecule has 0 radical (unpaired) electrons. The second kappa shape index (κ2) is 5.01. The van der Waals surface area contributed by atoms with Gasteiger partial charge in [0.05, 0.1) is 31.8 Å². The zero-order valence-electron chi connectivity index (χ0n) is 8.20. The summed E-state index contributed by atoms with van der Waals surface area (Å²) in [6.45, 7) is 0. The number of hydrogen-bond donors (Lipinski definition) is 3. The molecule has 0 unspecified atom stereocenters. The summed E-state index contributed by atoms with van der Waals surface area (Å²) in [5.74, 6) is -4.98. The van der Waals surface area contributed by atoms with Crippen LogP contribution in [0.5, 0.6) is 0 Å². The molecule has 0 aliphatic carbocycles. The first-order chi connectivity index (χ1) is 8.20. The standard InChI is InChI=1S/C9H3Cl3O6/c10-4-1(7(13)14)5(11)3(9(17)18)6(12)2(4)8(15)16/h(H,13,14)(H,15,16)(H,17,18). The lowest BCUT2D eigenvalue weighted by Gasteiger charge is -2.11. The van der Waals surface area contributed by atoms with Crippen LogP contribution in [0.2, 0.25) is 15.1 Å². The fraction of sp³-hybridized carbons (Fsp3) is 0. The van der Waals surface area contributed by atoms with Crippen molar-refractivity contribution in [2.75, 3.05) is 0 Å². The normalized spacial score (nSPS) is 10.2. The number of halogens is 3. The van der Waals surface area contributed by atoms with Crippen LogP contribution in [0.1, 0.15) is 31.1 Å². The van der Waals surface area contributed by atoms with E-state index >= 15 is 0 Å². The van der Waals surface area contributed by atoms with Crippen molar-refractivity contribution in [2.45, 2.75) is 0 Å². The minimum Gasteiger partial charge on any atom is -0.478 e. The maximum absolute atomic E-state index is 10.9. The number of rotatable bonds is 3. The van der Waals surface area contributed by atoms with Crippen LogP contribution in [0.3, 0.4) is 0 Å². The predicted octanol–water partition coefficient (Wildman–Crippen LogP) is 2.74. The van der Waals surface area contributed by atoms with Gasteiger partial charge >= 0.3 is 17.9 Å². The van der Waals surface area contributed by atoms with Gasteiger partial charge in [0.1, 0.15) is 0 Å². The van der Waals surface area contributed by atoms with Crippen molar-refractivity contribution in [3.63, 3.8) is 0 Å². The molecule has 6 nitrogen and oxygen atoms in total. The fourth-order valence-electron chi connectivity index (χ4n) is 1.23. The average Bonchev–Trinajstić information content (AvgIpc) is 2.14. The smallest absolute Gasteiger partial charge is 0.338 e. The Hall–Kier alpha value is -1.50. The molecular weight excluding hydrogens is 310 g/mol. The van der Waals surface area contributed by atoms with Crippen molar-refractivity contribution < 1.29 is 29.7 Å². The Morgan fingerprint density at radius 3 is 0.889 bits per heavy atom. The third-order valence-electron chi connectivity index (χ3n) is 1.96. The van der Waals surface area contributed by atoms with Gasteiger partial charge in [-0.05, 0) is 0 Å². The number of carboxylic acid groups (broad SMARTS) is 3. The molecule has 1 aromatic rings. The van der Waals surface area contributed by atoms with Crippen molar-refractivity contribution in [3.8, 4) is 0 Å². The van der Waals surface area contributed by atoms with E-state index in [4.69, 9.17) is 50.1 Å². The Balaban J connectivity index is 3.94. The molecule has 0 saturated carbocycles. The van der Waals surface area contributed by atoms with E-state index in [-0.39, 0.29) is 0 Å². The van der Waals surface area contributed by atoms with Crippen LogP contribution in [0, 0.1) is 0 Å². The highest BCUT2D eigenvalue weighted by molar-refractivity contribution is 6.47. The molecule has 0 aromatic heterocycles. The lowest BCUT2D eigenvalue weighted by atomic mass is 10.0. The lowest BCUT2D eigenvalue weighted by Crippen LogP contribution is -2.12. The van der Waals surface area contributed by atoms with E-state index in [2.05, 4.69) is 0 Å². The summed E-state index contributed by atoms with van der Waals surface area (Å²) in [5.41, 5.74) is -2.47. The van der Waals surface area contributed by atoms with Crippen LogP contribution in [-0.2, 0) is 0 Å². The van der Waals surface area contributed by atoms with E-state index in [0.29, 0.717) is 0 Å². The highest BCUT2D eigenvalue weighted by Crippen LogP contribution is 2.38. The van der Waals surface area contributed by atoms with Gasteiger partial charge in [0.2, 0.25) is 0 Å². The zero-order valence-corrected chi connectivity index (χ0v) is 10.5. The summed E-state index contributed by atoms with van der Waals surface area (Å²) < 4.78 is 0. The van der Waals surface area contributed by atoms with Crippen molar-refractivity contribution >= 4 is 52.7 Å². The topological polar surface area (TPSA) is 112 Å². The van der Waals surface area contributed by atoms with Gasteiger partial charge in [-0.15, -0.1) is 0 Å². The van der Waals surface area contributed by atoms with Gasteiger partial charge in [0.15, 0.2) is 0 Å². The van der Waals surface area contributed by atoms with Crippen LogP contribution >= 0.6 is 34.8 Å². The summed E-state index contributed by atoms with van der Waals surface area (Å²) in [4.78, 5) is 32.7. The molecule has 96 valence electrons. The molecule has 0 spiro atoms. The number of benzene rings is 1. The molecule has 1 aromatic carbocycles. The maximum Gasteiger partial charge on any atom is 0.338 e. The Bertz CT molecular complexity index is 478. The zero-order chi connectivity index (χ0) is 14.2. The molecular formula is C9H3Cl3O6. The number of hydrogen-bond acceptors (Lipinski definition) is 3. The molecule has 0 aliphatic rings. The first kappa shape index (κ1) is 14.6. The third-order valence-corrected chi connectivity index (χ3v) is 3.09. The monoisotopic (exact) mass is 312 g/mol. The van der Waals surface area contributed by atoms with Gasteiger partial charge in [0, 0.05) is 0 Å². The van der Waals surface area contributed by atoms with Gasteiger partial charge in [-0.1, -0.05) is 34.8 Å². The number of carboxylic acids is 3. The van der Waals surface area contributed by atoms with E-state index in [1.807, 2.05) is 0 Å². The van der Waals surface area contributed by atoms with Gasteiger partial charge < -0.3 is 15.3 Å². The molecule has 0 bridgehead atoms. The highest BCUT2D eigenvalue weighted by Gasteiger charge is 2.30. The molecule has 18 heavy (non-hydrogen) atoms. The number of aromatic carboxylic acids is 3. The van der Waals surface area contributed by atoms with Crippen LogP contribution in [-0.4, -0.2) is 33.2 Å². The largest absolute Gasteiger partial charge is 0.478 e. The van der Waals surface area contributed by atoms with E-state index in [1.54, 1.807) is 0 Å². The highest BCUT2D eigenvalue weighted by atomic mass is 35.5. The van der Waals surface area contributed by atoms with Crippen molar-refractivity contribution in [2.24, 2.45) is 0 Å². The van der Waals surface area contributed by atoms with Crippen LogP contribution in [0.25, 0.3) is 0 Å². The molecule has 0 aliphatic heterocycles. The fourth-order valence-corrected chi connectivity index (χ4v) is 2.42. The minimum atomic E-state index is -1.66. The quantitative estimate of drug-likeness (QED) is 0.791. The van der Waals surface area contributed by atoms with Gasteiger partial charge in [-0.25, -0.2) is 14.4 Å². The average molecular weight is 313 g/mol. The van der Waals surface area contributed by atoms with Crippen molar-refractivity contribution in [3.05, 3.63) is 31.8 Å². The third kappa shape index (κ3) is 2.22. The molecule has 3 N–H and O–H groups in total. The van der Waals surface area contributed by atoms with Gasteiger partial charge in [-0.3, -0.25) is 0 Å². The minimum absolute atomic E-state index is 0.727. The Morgan fingerprint density at radius 1 is 0.611 bits per heavy atom. The van der Waals surface area contributed by atoms with E-state index < -0.39 is 49.7 Å². The first-order valence-electron chi connectivity index (χ1n) is 4.10. The van der Waals surface area contributed by atoms with Crippen LogP contribution in [0.4, 0.5) is 0 Å². The maximum atomic E-state index is 10.9. The molecule has 0 atom stereocenters. The molecule has 1 rings (SSSR count). The predicted molar refractivity (Wildman–Crippen MR) is 62.3 cm³/mol. The Morgan fingerprint density at radius 2 is 0.778 bits per heavy atom. The molecule has 0 heterocycles. The molecule has 0 saturated heterocycles. The van der Waals surface area contributed by atoms with Gasteiger partial charge in [-0.2, -0.15) is 0 Å². The van der Waals surface area contributed by atoms with Crippen LogP contribution in [0.15, 0.2) is 0 Å². The SMILES string of the molecule is O=C(O)c1c(Cl)c(C(=O)O)c(Cl)c(C(=O)O)c1Cl. The van der Waals surface area contributed by atoms with Crippen molar-refractivity contribution in [1.29, 1.82) is 0 Å². The second-order valence-electron chi connectivity index (χ2n) is 2.98. The summed E-state index contributed by atoms with van der Waals surface area (Å²) in [6, 6.07) is 0. The number of carbonyl (C=O) groups is 3.